The van der Waals surface area contributed by atoms with Crippen LogP contribution in [-0.4, -0.2) is 41.1 Å². The number of carbonyl (C=O) groups is 2. The Labute approximate surface area is 133 Å². The number of carbonyl (C=O) groups excluding carboxylic acids is 2. The zero-order valence-corrected chi connectivity index (χ0v) is 14.4. The molecule has 0 radical (unpaired) electrons. The van der Waals surface area contributed by atoms with Crippen LogP contribution in [0.4, 0.5) is 4.79 Å². The third kappa shape index (κ3) is 5.50. The number of hydrogen-bond acceptors (Lipinski definition) is 3. The number of ether oxygens (including phenoxy) is 1. The number of nitrogens with one attached hydrogen (secondary N) is 1. The SMILES string of the molecule is CC(C1CC1)N(C(=O)CCCNC(=O)OC(C)(C)C)C1CC1. The second kappa shape index (κ2) is 6.88. The molecule has 1 N–H and O–H groups in total. The van der Waals surface area contributed by atoms with Crippen molar-refractivity contribution in [2.45, 2.75) is 83.9 Å². The highest BCUT2D eigenvalue weighted by molar-refractivity contribution is 5.77. The Kier molecular flexibility index (Phi) is 5.35. The number of alkyl carbamates (subject to hydrolysis) is 1. The van der Waals surface area contributed by atoms with Gasteiger partial charge in [-0.25, -0.2) is 4.79 Å². The summed E-state index contributed by atoms with van der Waals surface area (Å²) in [5.41, 5.74) is -0.484. The molecular formula is C17H30N2O3. The van der Waals surface area contributed by atoms with Crippen LogP contribution >= 0.6 is 0 Å². The summed E-state index contributed by atoms with van der Waals surface area (Å²) in [5, 5.41) is 2.71. The molecule has 0 saturated heterocycles. The molecule has 2 aliphatic rings. The van der Waals surface area contributed by atoms with E-state index in [-0.39, 0.29) is 5.91 Å². The van der Waals surface area contributed by atoms with Crippen LogP contribution in [-0.2, 0) is 9.53 Å². The van der Waals surface area contributed by atoms with Crippen LogP contribution < -0.4 is 5.32 Å². The summed E-state index contributed by atoms with van der Waals surface area (Å²) < 4.78 is 5.17. The second-order valence-corrected chi connectivity index (χ2v) is 7.64. The Balaban J connectivity index is 1.67. The monoisotopic (exact) mass is 310 g/mol. The van der Waals surface area contributed by atoms with Crippen molar-refractivity contribution in [3.05, 3.63) is 0 Å². The van der Waals surface area contributed by atoms with Crippen molar-refractivity contribution in [3.63, 3.8) is 0 Å². The third-order valence-electron chi connectivity index (χ3n) is 4.21. The molecule has 1 atom stereocenters. The van der Waals surface area contributed by atoms with Gasteiger partial charge < -0.3 is 15.0 Å². The fraction of sp³-hybridized carbons (Fsp3) is 0.882. The van der Waals surface area contributed by atoms with Crippen LogP contribution in [0.25, 0.3) is 0 Å². The average molecular weight is 310 g/mol. The zero-order chi connectivity index (χ0) is 16.3. The molecule has 2 amide bonds. The van der Waals surface area contributed by atoms with Crippen LogP contribution in [0.3, 0.4) is 0 Å². The van der Waals surface area contributed by atoms with Crippen LogP contribution in [0.2, 0.25) is 0 Å². The maximum absolute atomic E-state index is 12.5. The lowest BCUT2D eigenvalue weighted by Gasteiger charge is -2.29. The molecule has 0 bridgehead atoms. The Morgan fingerprint density at radius 2 is 1.86 bits per heavy atom. The van der Waals surface area contributed by atoms with Crippen LogP contribution in [0.1, 0.15) is 66.2 Å². The highest BCUT2D eigenvalue weighted by Crippen LogP contribution is 2.40. The molecule has 0 spiro atoms. The number of amides is 2. The number of hydrogen-bond donors (Lipinski definition) is 1. The van der Waals surface area contributed by atoms with Gasteiger partial charge in [-0.1, -0.05) is 0 Å². The second-order valence-electron chi connectivity index (χ2n) is 7.64. The first-order valence-electron chi connectivity index (χ1n) is 8.56. The predicted molar refractivity (Wildman–Crippen MR) is 85.5 cm³/mol. The van der Waals surface area contributed by atoms with Gasteiger partial charge in [-0.15, -0.1) is 0 Å². The summed E-state index contributed by atoms with van der Waals surface area (Å²) >= 11 is 0. The highest BCUT2D eigenvalue weighted by Gasteiger charge is 2.41. The van der Waals surface area contributed by atoms with E-state index in [2.05, 4.69) is 17.1 Å². The summed E-state index contributed by atoms with van der Waals surface area (Å²) in [5.74, 6) is 0.956. The maximum atomic E-state index is 12.5. The average Bonchev–Trinajstić information content (AvgIpc) is 3.25. The van der Waals surface area contributed by atoms with Crippen molar-refractivity contribution in [1.82, 2.24) is 10.2 Å². The van der Waals surface area contributed by atoms with E-state index in [1.165, 1.54) is 12.8 Å². The van der Waals surface area contributed by atoms with Crippen LogP contribution in [0.15, 0.2) is 0 Å². The molecule has 1 unspecified atom stereocenters. The van der Waals surface area contributed by atoms with E-state index in [0.29, 0.717) is 37.4 Å². The van der Waals surface area contributed by atoms with Gasteiger partial charge in [0.1, 0.15) is 5.60 Å². The molecule has 2 fully saturated rings. The fourth-order valence-corrected chi connectivity index (χ4v) is 2.80. The molecule has 0 aromatic rings. The molecule has 22 heavy (non-hydrogen) atoms. The van der Waals surface area contributed by atoms with Gasteiger partial charge in [0.15, 0.2) is 0 Å². The number of nitrogens with zero attached hydrogens (tertiary/aromatic N) is 1. The Bertz CT molecular complexity index is 409. The summed E-state index contributed by atoms with van der Waals surface area (Å²) in [6.45, 7) is 8.18. The van der Waals surface area contributed by atoms with Gasteiger partial charge in [0.05, 0.1) is 0 Å². The van der Waals surface area contributed by atoms with Gasteiger partial charge in [-0.3, -0.25) is 4.79 Å². The summed E-state index contributed by atoms with van der Waals surface area (Å²) in [4.78, 5) is 26.1. The minimum absolute atomic E-state index is 0.243. The lowest BCUT2D eigenvalue weighted by molar-refractivity contribution is -0.134. The molecule has 0 aromatic carbocycles. The minimum atomic E-state index is -0.484. The van der Waals surface area contributed by atoms with Gasteiger partial charge in [-0.05, 0) is 65.7 Å². The smallest absolute Gasteiger partial charge is 0.407 e. The Hall–Kier alpha value is -1.26. The summed E-state index contributed by atoms with van der Waals surface area (Å²) in [6.07, 6.45) is 5.58. The normalized spacial score (nSPS) is 19.5. The summed E-state index contributed by atoms with van der Waals surface area (Å²) in [7, 11) is 0. The fourth-order valence-electron chi connectivity index (χ4n) is 2.80. The van der Waals surface area contributed by atoms with E-state index in [9.17, 15) is 9.59 Å². The third-order valence-corrected chi connectivity index (χ3v) is 4.21. The van der Waals surface area contributed by atoms with Crippen LogP contribution in [0.5, 0.6) is 0 Å². The molecule has 5 heteroatoms. The minimum Gasteiger partial charge on any atom is -0.444 e. The standard InChI is InChI=1S/C17H30N2O3/c1-12(13-7-8-13)19(14-9-10-14)15(20)6-5-11-18-16(21)22-17(2,3)4/h12-14H,5-11H2,1-4H3,(H,18,21). The van der Waals surface area contributed by atoms with Gasteiger partial charge in [0.2, 0.25) is 5.91 Å². The molecular weight excluding hydrogens is 280 g/mol. The number of rotatable bonds is 7. The van der Waals surface area contributed by atoms with E-state index in [1.807, 2.05) is 20.8 Å². The molecule has 2 aliphatic carbocycles. The van der Waals surface area contributed by atoms with E-state index in [1.54, 1.807) is 0 Å². The van der Waals surface area contributed by atoms with E-state index >= 15 is 0 Å². The van der Waals surface area contributed by atoms with Crippen molar-refractivity contribution in [2.75, 3.05) is 6.54 Å². The van der Waals surface area contributed by atoms with Crippen molar-refractivity contribution >= 4 is 12.0 Å². The Morgan fingerprint density at radius 1 is 1.23 bits per heavy atom. The van der Waals surface area contributed by atoms with E-state index in [4.69, 9.17) is 4.74 Å². The molecule has 2 rings (SSSR count). The quantitative estimate of drug-likeness (QED) is 0.735. The molecule has 0 aliphatic heterocycles. The molecule has 0 heterocycles. The predicted octanol–water partition coefficient (Wildman–Crippen LogP) is 3.08. The lowest BCUT2D eigenvalue weighted by atomic mass is 10.1. The molecule has 126 valence electrons. The first kappa shape index (κ1) is 17.1. The van der Waals surface area contributed by atoms with Crippen molar-refractivity contribution in [1.29, 1.82) is 0 Å². The topological polar surface area (TPSA) is 58.6 Å². The lowest BCUT2D eigenvalue weighted by Crippen LogP contribution is -2.42. The first-order valence-corrected chi connectivity index (χ1v) is 8.56. The summed E-state index contributed by atoms with van der Waals surface area (Å²) in [6, 6.07) is 0.862. The van der Waals surface area contributed by atoms with Gasteiger partial charge in [-0.2, -0.15) is 0 Å². The molecule has 5 nitrogen and oxygen atoms in total. The van der Waals surface area contributed by atoms with Crippen LogP contribution in [0, 0.1) is 5.92 Å². The molecule has 2 saturated carbocycles. The van der Waals surface area contributed by atoms with Gasteiger partial charge in [0, 0.05) is 25.0 Å². The zero-order valence-electron chi connectivity index (χ0n) is 14.4. The largest absolute Gasteiger partial charge is 0.444 e. The molecule has 0 aromatic heterocycles. The maximum Gasteiger partial charge on any atom is 0.407 e. The van der Waals surface area contributed by atoms with Gasteiger partial charge >= 0.3 is 6.09 Å². The van der Waals surface area contributed by atoms with Crippen molar-refractivity contribution in [3.8, 4) is 0 Å². The van der Waals surface area contributed by atoms with Crippen molar-refractivity contribution in [2.24, 2.45) is 5.92 Å². The Morgan fingerprint density at radius 3 is 2.36 bits per heavy atom. The van der Waals surface area contributed by atoms with Crippen molar-refractivity contribution < 1.29 is 14.3 Å². The van der Waals surface area contributed by atoms with E-state index < -0.39 is 11.7 Å². The highest BCUT2D eigenvalue weighted by atomic mass is 16.6. The van der Waals surface area contributed by atoms with Gasteiger partial charge in [0.25, 0.3) is 0 Å². The van der Waals surface area contributed by atoms with E-state index in [0.717, 1.165) is 12.8 Å². The first-order chi connectivity index (χ1) is 10.3.